The number of carbonyl (C=O) groups is 1. The molecule has 0 aromatic heterocycles. The minimum absolute atomic E-state index is 0.249. The van der Waals surface area contributed by atoms with Crippen molar-refractivity contribution in [1.82, 2.24) is 0 Å². The monoisotopic (exact) mass is 160 g/mol. The molecule has 0 spiro atoms. The van der Waals surface area contributed by atoms with E-state index >= 15 is 0 Å². The second-order valence-electron chi connectivity index (χ2n) is 2.50. The predicted molar refractivity (Wildman–Crippen MR) is 47.6 cm³/mol. The minimum atomic E-state index is -0.249. The fourth-order valence-corrected chi connectivity index (χ4v) is 0.942. The molecular formula is C9H9BO2. The molecule has 0 unspecified atom stereocenters. The lowest BCUT2D eigenvalue weighted by atomic mass is 9.94. The standard InChI is InChI=1S/C9H9BO2/c1-12-9(11)6-7-3-2-4-8(10)5-7/h2-5H,6H2,1H3. The van der Waals surface area contributed by atoms with Gasteiger partial charge in [-0.2, -0.15) is 0 Å². The van der Waals surface area contributed by atoms with Crippen LogP contribution in [0.15, 0.2) is 24.3 Å². The molecule has 0 amide bonds. The highest BCUT2D eigenvalue weighted by molar-refractivity contribution is 6.32. The van der Waals surface area contributed by atoms with E-state index in [9.17, 15) is 4.79 Å². The molecule has 0 aliphatic carbocycles. The van der Waals surface area contributed by atoms with Gasteiger partial charge in [-0.15, -0.1) is 0 Å². The van der Waals surface area contributed by atoms with Gasteiger partial charge in [0.05, 0.1) is 13.5 Å². The van der Waals surface area contributed by atoms with E-state index in [2.05, 4.69) is 4.74 Å². The van der Waals surface area contributed by atoms with Crippen LogP contribution < -0.4 is 5.46 Å². The highest BCUT2D eigenvalue weighted by Crippen LogP contribution is 1.98. The molecule has 0 saturated heterocycles. The Morgan fingerprint density at radius 2 is 2.33 bits per heavy atom. The van der Waals surface area contributed by atoms with Crippen molar-refractivity contribution >= 4 is 19.3 Å². The molecule has 0 bridgehead atoms. The number of methoxy groups -OCH3 is 1. The van der Waals surface area contributed by atoms with Crippen LogP contribution in [0.4, 0.5) is 0 Å². The van der Waals surface area contributed by atoms with Crippen LogP contribution >= 0.6 is 0 Å². The predicted octanol–water partition coefficient (Wildman–Crippen LogP) is 0.196. The van der Waals surface area contributed by atoms with Crippen LogP contribution in [0.3, 0.4) is 0 Å². The van der Waals surface area contributed by atoms with Crippen LogP contribution in [0.1, 0.15) is 5.56 Å². The average Bonchev–Trinajstić information content (AvgIpc) is 2.04. The van der Waals surface area contributed by atoms with E-state index in [1.165, 1.54) is 7.11 Å². The zero-order valence-corrected chi connectivity index (χ0v) is 6.91. The van der Waals surface area contributed by atoms with Crippen LogP contribution in [0.25, 0.3) is 0 Å². The number of carbonyl (C=O) groups excluding carboxylic acids is 1. The summed E-state index contributed by atoms with van der Waals surface area (Å²) in [5.74, 6) is -0.249. The smallest absolute Gasteiger partial charge is 0.309 e. The van der Waals surface area contributed by atoms with Gasteiger partial charge in [0.25, 0.3) is 0 Å². The van der Waals surface area contributed by atoms with E-state index in [0.717, 1.165) is 5.56 Å². The Hall–Kier alpha value is -1.25. The highest BCUT2D eigenvalue weighted by Gasteiger charge is 2.01. The summed E-state index contributed by atoms with van der Waals surface area (Å²) in [5, 5.41) is 0. The first-order chi connectivity index (χ1) is 5.72. The number of benzene rings is 1. The Morgan fingerprint density at radius 1 is 1.58 bits per heavy atom. The molecule has 0 heterocycles. The third kappa shape index (κ3) is 2.42. The molecule has 1 aromatic carbocycles. The second kappa shape index (κ2) is 3.95. The van der Waals surface area contributed by atoms with Gasteiger partial charge in [-0.05, 0) is 5.56 Å². The Kier molecular flexibility index (Phi) is 2.91. The van der Waals surface area contributed by atoms with Crippen LogP contribution in [0.2, 0.25) is 0 Å². The molecule has 1 rings (SSSR count). The summed E-state index contributed by atoms with van der Waals surface area (Å²) in [6.45, 7) is 0. The quantitative estimate of drug-likeness (QED) is 0.456. The van der Waals surface area contributed by atoms with E-state index in [4.69, 9.17) is 7.85 Å². The molecule has 1 aromatic rings. The fraction of sp³-hybridized carbons (Fsp3) is 0.222. The van der Waals surface area contributed by atoms with Crippen molar-refractivity contribution in [3.8, 4) is 0 Å². The van der Waals surface area contributed by atoms with Crippen molar-refractivity contribution in [2.45, 2.75) is 6.42 Å². The van der Waals surface area contributed by atoms with Gasteiger partial charge in [-0.25, -0.2) is 0 Å². The Bertz CT molecular complexity index is 284. The Morgan fingerprint density at radius 3 is 2.92 bits per heavy atom. The van der Waals surface area contributed by atoms with Gasteiger partial charge in [0, 0.05) is 0 Å². The molecule has 2 radical (unpaired) electrons. The maximum Gasteiger partial charge on any atom is 0.309 e. The van der Waals surface area contributed by atoms with Crippen molar-refractivity contribution < 1.29 is 9.53 Å². The molecule has 0 atom stereocenters. The van der Waals surface area contributed by atoms with Gasteiger partial charge in [-0.1, -0.05) is 29.7 Å². The van der Waals surface area contributed by atoms with Crippen LogP contribution in [0.5, 0.6) is 0 Å². The molecule has 12 heavy (non-hydrogen) atoms. The topological polar surface area (TPSA) is 26.3 Å². The molecule has 2 nitrogen and oxygen atoms in total. The zero-order valence-electron chi connectivity index (χ0n) is 6.91. The first kappa shape index (κ1) is 8.85. The molecule has 0 aliphatic heterocycles. The van der Waals surface area contributed by atoms with Crippen LogP contribution in [0, 0.1) is 0 Å². The highest BCUT2D eigenvalue weighted by atomic mass is 16.5. The van der Waals surface area contributed by atoms with Crippen molar-refractivity contribution in [3.05, 3.63) is 29.8 Å². The van der Waals surface area contributed by atoms with Gasteiger partial charge in [0.1, 0.15) is 7.85 Å². The van der Waals surface area contributed by atoms with E-state index in [1.54, 1.807) is 12.1 Å². The van der Waals surface area contributed by atoms with Gasteiger partial charge >= 0.3 is 5.97 Å². The van der Waals surface area contributed by atoms with Crippen LogP contribution in [-0.2, 0) is 16.0 Å². The first-order valence-corrected chi connectivity index (χ1v) is 3.63. The molecular weight excluding hydrogens is 151 g/mol. The van der Waals surface area contributed by atoms with Crippen molar-refractivity contribution in [3.63, 3.8) is 0 Å². The zero-order chi connectivity index (χ0) is 8.97. The number of rotatable bonds is 2. The summed E-state index contributed by atoms with van der Waals surface area (Å²) in [6.07, 6.45) is 0.279. The van der Waals surface area contributed by atoms with E-state index in [1.807, 2.05) is 12.1 Å². The molecule has 0 fully saturated rings. The number of esters is 1. The van der Waals surface area contributed by atoms with E-state index < -0.39 is 0 Å². The minimum Gasteiger partial charge on any atom is -0.469 e. The fourth-order valence-electron chi connectivity index (χ4n) is 0.942. The normalized spacial score (nSPS) is 9.42. The third-order valence-electron chi connectivity index (χ3n) is 1.53. The van der Waals surface area contributed by atoms with Gasteiger partial charge in [-0.3, -0.25) is 4.79 Å². The SMILES string of the molecule is [B]c1cccc(CC(=O)OC)c1. The third-order valence-corrected chi connectivity index (χ3v) is 1.53. The maximum atomic E-state index is 10.8. The van der Waals surface area contributed by atoms with Crippen LogP contribution in [-0.4, -0.2) is 20.9 Å². The lowest BCUT2D eigenvalue weighted by Gasteiger charge is -2.00. The number of hydrogen-bond acceptors (Lipinski definition) is 2. The summed E-state index contributed by atoms with van der Waals surface area (Å²) in [7, 11) is 6.89. The molecule has 0 N–H and O–H groups in total. The second-order valence-corrected chi connectivity index (χ2v) is 2.50. The Balaban J connectivity index is 2.69. The molecule has 3 heteroatoms. The van der Waals surface area contributed by atoms with E-state index in [0.29, 0.717) is 5.46 Å². The average molecular weight is 160 g/mol. The largest absolute Gasteiger partial charge is 0.469 e. The summed E-state index contributed by atoms with van der Waals surface area (Å²) in [5.41, 5.74) is 1.54. The van der Waals surface area contributed by atoms with Crippen molar-refractivity contribution in [2.24, 2.45) is 0 Å². The van der Waals surface area contributed by atoms with Gasteiger partial charge < -0.3 is 4.74 Å². The summed E-state index contributed by atoms with van der Waals surface area (Å²) < 4.78 is 4.51. The van der Waals surface area contributed by atoms with Gasteiger partial charge in [0.15, 0.2) is 0 Å². The van der Waals surface area contributed by atoms with Crippen molar-refractivity contribution in [1.29, 1.82) is 0 Å². The number of ether oxygens (including phenoxy) is 1. The Labute approximate surface area is 73.0 Å². The maximum absolute atomic E-state index is 10.8. The summed E-state index contributed by atoms with van der Waals surface area (Å²) in [4.78, 5) is 10.8. The van der Waals surface area contributed by atoms with Crippen molar-refractivity contribution in [2.75, 3.05) is 7.11 Å². The molecule has 0 aliphatic rings. The summed E-state index contributed by atoms with van der Waals surface area (Å²) >= 11 is 0. The van der Waals surface area contributed by atoms with Gasteiger partial charge in [0.2, 0.25) is 0 Å². The lowest BCUT2D eigenvalue weighted by molar-refractivity contribution is -0.139. The first-order valence-electron chi connectivity index (χ1n) is 3.63. The summed E-state index contributed by atoms with van der Waals surface area (Å²) in [6, 6.07) is 7.19. The van der Waals surface area contributed by atoms with E-state index in [-0.39, 0.29) is 12.4 Å². The molecule has 60 valence electrons. The molecule has 0 saturated carbocycles. The number of hydrogen-bond donors (Lipinski definition) is 0. The lowest BCUT2D eigenvalue weighted by Crippen LogP contribution is -2.08.